The van der Waals surface area contributed by atoms with Crippen LogP contribution in [0.5, 0.6) is 5.75 Å². The first kappa shape index (κ1) is 19.1. The van der Waals surface area contributed by atoms with Crippen LogP contribution in [0.3, 0.4) is 0 Å². The summed E-state index contributed by atoms with van der Waals surface area (Å²) in [6.07, 6.45) is 0. The van der Waals surface area contributed by atoms with Crippen LogP contribution >= 0.6 is 23.1 Å². The molecule has 0 unspecified atom stereocenters. The van der Waals surface area contributed by atoms with Crippen molar-refractivity contribution < 1.29 is 14.5 Å². The number of nitrogens with one attached hydrogen (secondary N) is 1. The molecule has 140 valence electrons. The number of carbonyl (C=O) groups is 1. The van der Waals surface area contributed by atoms with Crippen molar-refractivity contribution in [2.75, 3.05) is 17.7 Å². The molecule has 0 saturated carbocycles. The molecule has 1 aromatic heterocycles. The normalized spacial score (nSPS) is 10.7. The molecule has 27 heavy (non-hydrogen) atoms. The number of carbonyl (C=O) groups excluding carboxylic acids is 1. The number of rotatable bonds is 7. The molecule has 0 radical (unpaired) electrons. The Kier molecular flexibility index (Phi) is 5.92. The molecule has 0 aliphatic carbocycles. The van der Waals surface area contributed by atoms with Gasteiger partial charge in [-0.15, -0.1) is 11.3 Å². The van der Waals surface area contributed by atoms with Crippen LogP contribution in [0.4, 0.5) is 11.4 Å². The predicted octanol–water partition coefficient (Wildman–Crippen LogP) is 4.64. The maximum Gasteiger partial charge on any atom is 0.274 e. The number of thiazole rings is 1. The van der Waals surface area contributed by atoms with Crippen LogP contribution in [0.25, 0.3) is 10.2 Å². The standard InChI is InChI=1S/C18H17N3O4S2/c1-3-25-13-6-7-14-16(9-13)27-18(20-14)26-10-17(22)19-12-5-4-11(2)15(8-12)21(23)24/h4-9H,3,10H2,1-2H3,(H,19,22). The Hall–Kier alpha value is -2.65. The number of aryl methyl sites for hydroxylation is 1. The van der Waals surface area contributed by atoms with Gasteiger partial charge >= 0.3 is 0 Å². The van der Waals surface area contributed by atoms with Gasteiger partial charge in [0.15, 0.2) is 4.34 Å². The Morgan fingerprint density at radius 1 is 1.33 bits per heavy atom. The molecule has 1 heterocycles. The zero-order chi connectivity index (χ0) is 19.4. The third-order valence-electron chi connectivity index (χ3n) is 3.67. The van der Waals surface area contributed by atoms with E-state index in [1.54, 1.807) is 19.1 Å². The van der Waals surface area contributed by atoms with Crippen molar-refractivity contribution in [1.82, 2.24) is 4.98 Å². The van der Waals surface area contributed by atoms with Crippen LogP contribution in [0.1, 0.15) is 12.5 Å². The minimum absolute atomic E-state index is 0.0169. The minimum Gasteiger partial charge on any atom is -0.494 e. The Bertz CT molecular complexity index is 1000. The fourth-order valence-corrected chi connectivity index (χ4v) is 4.31. The summed E-state index contributed by atoms with van der Waals surface area (Å²) in [6.45, 7) is 4.19. The Balaban J connectivity index is 1.63. The number of fused-ring (bicyclic) bond motifs is 1. The van der Waals surface area contributed by atoms with Gasteiger partial charge in [0.25, 0.3) is 5.69 Å². The van der Waals surface area contributed by atoms with Crippen LogP contribution in [-0.2, 0) is 4.79 Å². The average Bonchev–Trinajstić information content (AvgIpc) is 3.04. The minimum atomic E-state index is -0.461. The number of nitrogens with zero attached hydrogens (tertiary/aromatic N) is 2. The molecule has 3 aromatic rings. The highest BCUT2D eigenvalue weighted by Crippen LogP contribution is 2.32. The van der Waals surface area contributed by atoms with Gasteiger partial charge in [-0.1, -0.05) is 17.8 Å². The molecular formula is C18H17N3O4S2. The van der Waals surface area contributed by atoms with Crippen molar-refractivity contribution in [2.24, 2.45) is 0 Å². The fourth-order valence-electron chi connectivity index (χ4n) is 2.41. The third kappa shape index (κ3) is 4.75. The van der Waals surface area contributed by atoms with Crippen LogP contribution in [0, 0.1) is 17.0 Å². The molecule has 3 rings (SSSR count). The predicted molar refractivity (Wildman–Crippen MR) is 108 cm³/mol. The fraction of sp³-hybridized carbons (Fsp3) is 0.222. The van der Waals surface area contributed by atoms with E-state index in [0.29, 0.717) is 17.9 Å². The topological polar surface area (TPSA) is 94.4 Å². The Morgan fingerprint density at radius 3 is 2.89 bits per heavy atom. The second kappa shape index (κ2) is 8.36. The van der Waals surface area contributed by atoms with Crippen LogP contribution in [-0.4, -0.2) is 28.2 Å². The van der Waals surface area contributed by atoms with E-state index >= 15 is 0 Å². The number of anilines is 1. The summed E-state index contributed by atoms with van der Waals surface area (Å²) in [4.78, 5) is 27.2. The van der Waals surface area contributed by atoms with Crippen molar-refractivity contribution >= 4 is 50.6 Å². The van der Waals surface area contributed by atoms with E-state index in [1.807, 2.05) is 25.1 Å². The van der Waals surface area contributed by atoms with Gasteiger partial charge in [-0.05, 0) is 38.1 Å². The third-order valence-corrected chi connectivity index (χ3v) is 5.83. The monoisotopic (exact) mass is 403 g/mol. The number of hydrogen-bond acceptors (Lipinski definition) is 7. The van der Waals surface area contributed by atoms with E-state index in [1.165, 1.54) is 29.2 Å². The lowest BCUT2D eigenvalue weighted by atomic mass is 10.2. The maximum absolute atomic E-state index is 12.2. The van der Waals surface area contributed by atoms with Crippen LogP contribution in [0.2, 0.25) is 0 Å². The van der Waals surface area contributed by atoms with Gasteiger partial charge in [0, 0.05) is 17.3 Å². The second-order valence-corrected chi connectivity index (χ2v) is 7.89. The first-order chi connectivity index (χ1) is 13.0. The highest BCUT2D eigenvalue weighted by Gasteiger charge is 2.13. The lowest BCUT2D eigenvalue weighted by molar-refractivity contribution is -0.385. The molecular weight excluding hydrogens is 386 g/mol. The van der Waals surface area contributed by atoms with Gasteiger partial charge in [-0.2, -0.15) is 0 Å². The highest BCUT2D eigenvalue weighted by molar-refractivity contribution is 8.01. The van der Waals surface area contributed by atoms with Crippen molar-refractivity contribution in [3.05, 3.63) is 52.1 Å². The maximum atomic E-state index is 12.2. The van der Waals surface area contributed by atoms with Crippen molar-refractivity contribution in [3.8, 4) is 5.75 Å². The van der Waals surface area contributed by atoms with E-state index < -0.39 is 4.92 Å². The van der Waals surface area contributed by atoms with Gasteiger partial charge < -0.3 is 10.1 Å². The van der Waals surface area contributed by atoms with Crippen molar-refractivity contribution in [1.29, 1.82) is 0 Å². The quantitative estimate of drug-likeness (QED) is 0.351. The van der Waals surface area contributed by atoms with Crippen LogP contribution in [0.15, 0.2) is 40.7 Å². The van der Waals surface area contributed by atoms with Gasteiger partial charge in [-0.25, -0.2) is 4.98 Å². The molecule has 0 aliphatic rings. The lowest BCUT2D eigenvalue weighted by Gasteiger charge is -2.05. The number of aromatic nitrogens is 1. The molecule has 9 heteroatoms. The molecule has 0 saturated heterocycles. The molecule has 1 N–H and O–H groups in total. The number of thioether (sulfide) groups is 1. The summed E-state index contributed by atoms with van der Waals surface area (Å²) in [5.41, 5.74) is 1.80. The number of nitro benzene ring substituents is 1. The molecule has 0 atom stereocenters. The Morgan fingerprint density at radius 2 is 2.15 bits per heavy atom. The van der Waals surface area contributed by atoms with E-state index in [4.69, 9.17) is 4.74 Å². The summed E-state index contributed by atoms with van der Waals surface area (Å²) in [6, 6.07) is 10.3. The first-order valence-electron chi connectivity index (χ1n) is 8.17. The van der Waals surface area contributed by atoms with E-state index in [0.717, 1.165) is 20.3 Å². The van der Waals surface area contributed by atoms with Gasteiger partial charge in [0.1, 0.15) is 5.75 Å². The Labute approximate surface area is 163 Å². The zero-order valence-corrected chi connectivity index (χ0v) is 16.4. The molecule has 0 aliphatic heterocycles. The molecule has 0 spiro atoms. The number of ether oxygens (including phenoxy) is 1. The summed E-state index contributed by atoms with van der Waals surface area (Å²) in [7, 11) is 0. The molecule has 0 fully saturated rings. The second-order valence-electron chi connectivity index (χ2n) is 5.64. The lowest BCUT2D eigenvalue weighted by Crippen LogP contribution is -2.14. The van der Waals surface area contributed by atoms with E-state index in [-0.39, 0.29) is 17.3 Å². The molecule has 7 nitrogen and oxygen atoms in total. The largest absolute Gasteiger partial charge is 0.494 e. The summed E-state index contributed by atoms with van der Waals surface area (Å²) in [5.74, 6) is 0.719. The van der Waals surface area contributed by atoms with E-state index in [2.05, 4.69) is 10.3 Å². The number of amides is 1. The van der Waals surface area contributed by atoms with Crippen LogP contribution < -0.4 is 10.1 Å². The smallest absolute Gasteiger partial charge is 0.274 e. The number of nitro groups is 1. The molecule has 1 amide bonds. The summed E-state index contributed by atoms with van der Waals surface area (Å²) >= 11 is 2.82. The molecule has 0 bridgehead atoms. The summed E-state index contributed by atoms with van der Waals surface area (Å²) < 4.78 is 7.26. The van der Waals surface area contributed by atoms with Gasteiger partial charge in [0.2, 0.25) is 5.91 Å². The molecule has 2 aromatic carbocycles. The average molecular weight is 403 g/mol. The van der Waals surface area contributed by atoms with Gasteiger partial charge in [-0.3, -0.25) is 14.9 Å². The highest BCUT2D eigenvalue weighted by atomic mass is 32.2. The van der Waals surface area contributed by atoms with Gasteiger partial charge in [0.05, 0.1) is 27.5 Å². The van der Waals surface area contributed by atoms with Crippen molar-refractivity contribution in [2.45, 2.75) is 18.2 Å². The first-order valence-corrected chi connectivity index (χ1v) is 9.97. The number of benzene rings is 2. The SMILES string of the molecule is CCOc1ccc2nc(SCC(=O)Nc3ccc(C)c([N+](=O)[O-])c3)sc2c1. The summed E-state index contributed by atoms with van der Waals surface area (Å²) in [5, 5.41) is 13.7. The van der Waals surface area contributed by atoms with Crippen molar-refractivity contribution in [3.63, 3.8) is 0 Å². The van der Waals surface area contributed by atoms with E-state index in [9.17, 15) is 14.9 Å². The number of hydrogen-bond donors (Lipinski definition) is 1. The zero-order valence-electron chi connectivity index (χ0n) is 14.7.